The molecular formula is C13H25N7. The summed E-state index contributed by atoms with van der Waals surface area (Å²) < 4.78 is 0. The van der Waals surface area contributed by atoms with Gasteiger partial charge in [-0.1, -0.05) is 0 Å². The van der Waals surface area contributed by atoms with Gasteiger partial charge in [0.15, 0.2) is 0 Å². The first kappa shape index (κ1) is 14.8. The second-order valence-electron chi connectivity index (χ2n) is 5.36. The van der Waals surface area contributed by atoms with Gasteiger partial charge in [-0.3, -0.25) is 0 Å². The fourth-order valence-corrected chi connectivity index (χ4v) is 2.33. The molecular weight excluding hydrogens is 254 g/mol. The highest BCUT2D eigenvalue weighted by Gasteiger charge is 2.20. The van der Waals surface area contributed by atoms with Crippen LogP contribution >= 0.6 is 0 Å². The normalized spacial score (nSPS) is 19.1. The molecule has 1 saturated heterocycles. The van der Waals surface area contributed by atoms with Crippen LogP contribution in [-0.4, -0.2) is 66.7 Å². The molecule has 2 N–H and O–H groups in total. The maximum atomic E-state index is 4.44. The Morgan fingerprint density at radius 2 is 1.90 bits per heavy atom. The monoisotopic (exact) mass is 279 g/mol. The molecule has 2 rings (SSSR count). The van der Waals surface area contributed by atoms with Crippen molar-refractivity contribution in [3.8, 4) is 0 Å². The van der Waals surface area contributed by atoms with Crippen molar-refractivity contribution in [2.45, 2.75) is 25.8 Å². The summed E-state index contributed by atoms with van der Waals surface area (Å²) in [5.41, 5.74) is 0. The molecule has 0 bridgehead atoms. The lowest BCUT2D eigenvalue weighted by atomic mass is 10.2. The number of rotatable bonds is 6. The van der Waals surface area contributed by atoms with Crippen LogP contribution < -0.4 is 15.5 Å². The Morgan fingerprint density at radius 1 is 1.20 bits per heavy atom. The molecule has 2 heterocycles. The van der Waals surface area contributed by atoms with Crippen molar-refractivity contribution in [3.05, 3.63) is 0 Å². The van der Waals surface area contributed by atoms with Crippen molar-refractivity contribution < 1.29 is 0 Å². The minimum absolute atomic E-state index is 0.567. The fraction of sp³-hybridized carbons (Fsp3) is 0.769. The quantitative estimate of drug-likeness (QED) is 0.801. The molecule has 0 aliphatic carbocycles. The number of hydrogen-bond acceptors (Lipinski definition) is 7. The first-order valence-corrected chi connectivity index (χ1v) is 7.21. The van der Waals surface area contributed by atoms with E-state index in [1.54, 1.807) is 0 Å². The van der Waals surface area contributed by atoms with E-state index in [4.69, 9.17) is 0 Å². The lowest BCUT2D eigenvalue weighted by Gasteiger charge is -2.20. The third kappa shape index (κ3) is 3.69. The van der Waals surface area contributed by atoms with Crippen LogP contribution in [0.2, 0.25) is 0 Å². The predicted molar refractivity (Wildman–Crippen MR) is 82.5 cm³/mol. The zero-order valence-electron chi connectivity index (χ0n) is 12.8. The Bertz CT molecular complexity index is 435. The summed E-state index contributed by atoms with van der Waals surface area (Å²) in [6.45, 7) is 4.87. The van der Waals surface area contributed by atoms with Crippen molar-refractivity contribution in [2.24, 2.45) is 0 Å². The first-order chi connectivity index (χ1) is 9.60. The SMILES string of the molecule is CCNc1nc(NCC2CCCN2C)nc(N(C)C)n1. The molecule has 1 aliphatic rings. The molecule has 1 atom stereocenters. The molecule has 112 valence electrons. The van der Waals surface area contributed by atoms with Gasteiger partial charge in [-0.15, -0.1) is 0 Å². The Kier molecular flexibility index (Phi) is 4.94. The van der Waals surface area contributed by atoms with Gasteiger partial charge in [-0.05, 0) is 33.4 Å². The van der Waals surface area contributed by atoms with Crippen LogP contribution in [0.25, 0.3) is 0 Å². The lowest BCUT2D eigenvalue weighted by Crippen LogP contribution is -2.32. The number of likely N-dealkylation sites (tertiary alicyclic amines) is 1. The van der Waals surface area contributed by atoms with E-state index in [2.05, 4.69) is 37.5 Å². The summed E-state index contributed by atoms with van der Waals surface area (Å²) in [5, 5.41) is 6.48. The van der Waals surface area contributed by atoms with Crippen LogP contribution in [0.3, 0.4) is 0 Å². The molecule has 7 nitrogen and oxygen atoms in total. The lowest BCUT2D eigenvalue weighted by molar-refractivity contribution is 0.322. The van der Waals surface area contributed by atoms with Gasteiger partial charge in [0.05, 0.1) is 0 Å². The Hall–Kier alpha value is -1.63. The highest BCUT2D eigenvalue weighted by atomic mass is 15.3. The van der Waals surface area contributed by atoms with E-state index in [1.165, 1.54) is 19.4 Å². The van der Waals surface area contributed by atoms with Crippen LogP contribution in [0.1, 0.15) is 19.8 Å². The van der Waals surface area contributed by atoms with Crippen LogP contribution in [0.15, 0.2) is 0 Å². The maximum absolute atomic E-state index is 4.44. The molecule has 0 radical (unpaired) electrons. The third-order valence-electron chi connectivity index (χ3n) is 3.53. The molecule has 0 amide bonds. The van der Waals surface area contributed by atoms with E-state index >= 15 is 0 Å². The Balaban J connectivity index is 2.05. The first-order valence-electron chi connectivity index (χ1n) is 7.21. The maximum Gasteiger partial charge on any atom is 0.231 e. The average molecular weight is 279 g/mol. The number of aromatic nitrogens is 3. The topological polar surface area (TPSA) is 69.2 Å². The van der Waals surface area contributed by atoms with Crippen LogP contribution in [-0.2, 0) is 0 Å². The van der Waals surface area contributed by atoms with Gasteiger partial charge >= 0.3 is 0 Å². The Morgan fingerprint density at radius 3 is 2.45 bits per heavy atom. The average Bonchev–Trinajstić information content (AvgIpc) is 2.82. The molecule has 0 saturated carbocycles. The van der Waals surface area contributed by atoms with E-state index in [9.17, 15) is 0 Å². The molecule has 20 heavy (non-hydrogen) atoms. The second-order valence-corrected chi connectivity index (χ2v) is 5.36. The molecule has 1 aromatic rings. The van der Waals surface area contributed by atoms with E-state index in [0.29, 0.717) is 23.9 Å². The molecule has 0 spiro atoms. The van der Waals surface area contributed by atoms with E-state index in [-0.39, 0.29) is 0 Å². The number of likely N-dealkylation sites (N-methyl/N-ethyl adjacent to an activating group) is 1. The summed E-state index contributed by atoms with van der Waals surface area (Å²) in [5.74, 6) is 1.92. The zero-order chi connectivity index (χ0) is 14.5. The third-order valence-corrected chi connectivity index (χ3v) is 3.53. The smallest absolute Gasteiger partial charge is 0.231 e. The van der Waals surface area contributed by atoms with Crippen molar-refractivity contribution >= 4 is 17.8 Å². The van der Waals surface area contributed by atoms with Gasteiger partial charge in [-0.2, -0.15) is 15.0 Å². The molecule has 1 unspecified atom stereocenters. The number of hydrogen-bond donors (Lipinski definition) is 2. The zero-order valence-corrected chi connectivity index (χ0v) is 12.8. The standard InChI is InChI=1S/C13H25N7/c1-5-14-11-16-12(18-13(17-11)19(2)3)15-9-10-7-6-8-20(10)4/h10H,5-9H2,1-4H3,(H2,14,15,16,17,18). The van der Waals surface area contributed by atoms with Crippen LogP contribution in [0, 0.1) is 0 Å². The molecule has 1 aromatic heterocycles. The van der Waals surface area contributed by atoms with Crippen molar-refractivity contribution in [1.82, 2.24) is 19.9 Å². The highest BCUT2D eigenvalue weighted by Crippen LogP contribution is 2.16. The Labute approximate surface area is 120 Å². The summed E-state index contributed by atoms with van der Waals surface area (Å²) in [6.07, 6.45) is 2.50. The van der Waals surface area contributed by atoms with Gasteiger partial charge in [0.1, 0.15) is 0 Å². The molecule has 7 heteroatoms. The molecule has 0 aromatic carbocycles. The largest absolute Gasteiger partial charge is 0.354 e. The minimum Gasteiger partial charge on any atom is -0.354 e. The van der Waals surface area contributed by atoms with E-state index in [1.807, 2.05) is 25.9 Å². The van der Waals surface area contributed by atoms with Gasteiger partial charge in [0, 0.05) is 33.2 Å². The van der Waals surface area contributed by atoms with Gasteiger partial charge in [-0.25, -0.2) is 0 Å². The number of nitrogens with one attached hydrogen (secondary N) is 2. The number of nitrogens with zero attached hydrogens (tertiary/aromatic N) is 5. The number of anilines is 3. The summed E-state index contributed by atoms with van der Waals surface area (Å²) in [4.78, 5) is 17.5. The summed E-state index contributed by atoms with van der Waals surface area (Å²) in [7, 11) is 6.03. The van der Waals surface area contributed by atoms with Crippen molar-refractivity contribution in [1.29, 1.82) is 0 Å². The van der Waals surface area contributed by atoms with Crippen molar-refractivity contribution in [3.63, 3.8) is 0 Å². The van der Waals surface area contributed by atoms with Gasteiger partial charge in [0.25, 0.3) is 0 Å². The van der Waals surface area contributed by atoms with Crippen LogP contribution in [0.5, 0.6) is 0 Å². The van der Waals surface area contributed by atoms with E-state index in [0.717, 1.165) is 13.1 Å². The van der Waals surface area contributed by atoms with Crippen molar-refractivity contribution in [2.75, 3.05) is 56.3 Å². The molecule has 1 aliphatic heterocycles. The molecule has 1 fully saturated rings. The second kappa shape index (κ2) is 6.69. The summed E-state index contributed by atoms with van der Waals surface area (Å²) in [6, 6.07) is 0.567. The minimum atomic E-state index is 0.567. The van der Waals surface area contributed by atoms with Gasteiger partial charge < -0.3 is 20.4 Å². The highest BCUT2D eigenvalue weighted by molar-refractivity contribution is 5.42. The fourth-order valence-electron chi connectivity index (χ4n) is 2.33. The predicted octanol–water partition coefficient (Wildman–Crippen LogP) is 0.875. The van der Waals surface area contributed by atoms with Gasteiger partial charge in [0.2, 0.25) is 17.8 Å². The summed E-state index contributed by atoms with van der Waals surface area (Å²) >= 11 is 0. The van der Waals surface area contributed by atoms with E-state index < -0.39 is 0 Å². The van der Waals surface area contributed by atoms with Crippen LogP contribution in [0.4, 0.5) is 17.8 Å².